The first-order valence-electron chi connectivity index (χ1n) is 9.09. The van der Waals surface area contributed by atoms with Crippen LogP contribution >= 0.6 is 0 Å². The van der Waals surface area contributed by atoms with Crippen LogP contribution in [0, 0.1) is 6.92 Å². The smallest absolute Gasteiger partial charge is 0.232 e. The van der Waals surface area contributed by atoms with Crippen molar-refractivity contribution in [3.05, 3.63) is 42.2 Å². The second-order valence-corrected chi connectivity index (χ2v) is 8.71. The van der Waals surface area contributed by atoms with E-state index in [2.05, 4.69) is 35.2 Å². The molecule has 154 valence electrons. The number of nitrogens with zero attached hydrogens (tertiary/aromatic N) is 4. The summed E-state index contributed by atoms with van der Waals surface area (Å²) in [6.45, 7) is 3.37. The summed E-state index contributed by atoms with van der Waals surface area (Å²) in [5.74, 6) is 1.51. The largest absolute Gasteiger partial charge is 0.353 e. The van der Waals surface area contributed by atoms with E-state index < -0.39 is 10.0 Å². The second kappa shape index (κ2) is 8.58. The first-order chi connectivity index (χ1) is 13.7. The highest BCUT2D eigenvalue weighted by Crippen LogP contribution is 2.31. The minimum Gasteiger partial charge on any atom is -0.353 e. The summed E-state index contributed by atoms with van der Waals surface area (Å²) in [5.41, 5.74) is 1.29. The highest BCUT2D eigenvalue weighted by Gasteiger charge is 2.10. The third-order valence-corrected chi connectivity index (χ3v) is 4.64. The highest BCUT2D eigenvalue weighted by atomic mass is 32.2. The molecule has 0 saturated carbocycles. The van der Waals surface area contributed by atoms with Gasteiger partial charge in [0.1, 0.15) is 5.82 Å². The minimum absolute atomic E-state index is 0.416. The molecular weight excluding hydrogens is 390 g/mol. The highest BCUT2D eigenvalue weighted by molar-refractivity contribution is 7.92. The van der Waals surface area contributed by atoms with E-state index in [0.29, 0.717) is 30.0 Å². The molecule has 0 radical (unpaired) electrons. The van der Waals surface area contributed by atoms with Crippen molar-refractivity contribution in [3.63, 3.8) is 0 Å². The molecule has 0 fully saturated rings. The van der Waals surface area contributed by atoms with Gasteiger partial charge in [0.25, 0.3) is 0 Å². The number of hydrogen-bond donors (Lipinski definition) is 3. The van der Waals surface area contributed by atoms with Gasteiger partial charge in [-0.25, -0.2) is 8.42 Å². The Bertz CT molecular complexity index is 1120. The van der Waals surface area contributed by atoms with Crippen LogP contribution in [0.3, 0.4) is 0 Å². The van der Waals surface area contributed by atoms with Crippen molar-refractivity contribution in [2.75, 3.05) is 48.8 Å². The molecule has 0 saturated heterocycles. The van der Waals surface area contributed by atoms with Gasteiger partial charge in [-0.2, -0.15) is 15.0 Å². The molecule has 0 amide bonds. The van der Waals surface area contributed by atoms with Gasteiger partial charge >= 0.3 is 0 Å². The zero-order valence-corrected chi connectivity index (χ0v) is 17.7. The maximum Gasteiger partial charge on any atom is 0.232 e. The van der Waals surface area contributed by atoms with Crippen LogP contribution in [-0.2, 0) is 10.0 Å². The summed E-state index contributed by atoms with van der Waals surface area (Å²) >= 11 is 0. The Morgan fingerprint density at radius 2 is 1.55 bits per heavy atom. The quantitative estimate of drug-likeness (QED) is 0.514. The lowest BCUT2D eigenvalue weighted by atomic mass is 10.1. The van der Waals surface area contributed by atoms with Crippen LogP contribution in [0.1, 0.15) is 5.82 Å². The molecule has 0 bridgehead atoms. The third kappa shape index (κ3) is 5.75. The summed E-state index contributed by atoms with van der Waals surface area (Å²) in [4.78, 5) is 15.2. The maximum atomic E-state index is 11.7. The Labute approximate surface area is 170 Å². The minimum atomic E-state index is -3.38. The van der Waals surface area contributed by atoms with Crippen LogP contribution in [0.2, 0.25) is 0 Å². The molecule has 3 aromatic rings. The summed E-state index contributed by atoms with van der Waals surface area (Å²) in [6.07, 6.45) is 1.13. The zero-order chi connectivity index (χ0) is 21.0. The third-order valence-electron chi connectivity index (χ3n) is 4.05. The van der Waals surface area contributed by atoms with Crippen LogP contribution in [0.4, 0.5) is 23.3 Å². The number of aryl methyl sites for hydroxylation is 1. The van der Waals surface area contributed by atoms with Crippen molar-refractivity contribution >= 4 is 44.1 Å². The molecule has 10 heteroatoms. The molecule has 3 rings (SSSR count). The van der Waals surface area contributed by atoms with Crippen LogP contribution in [-0.4, -0.2) is 61.7 Å². The monoisotopic (exact) mass is 415 g/mol. The SMILES string of the molecule is Cc1nc(NCCN(C)C)nc(Nc2cccc3c(NS(C)(=O)=O)cccc23)n1. The van der Waals surface area contributed by atoms with Crippen LogP contribution < -0.4 is 15.4 Å². The van der Waals surface area contributed by atoms with Crippen molar-refractivity contribution in [3.8, 4) is 0 Å². The van der Waals surface area contributed by atoms with E-state index >= 15 is 0 Å². The van der Waals surface area contributed by atoms with Crippen molar-refractivity contribution < 1.29 is 8.42 Å². The summed E-state index contributed by atoms with van der Waals surface area (Å²) in [7, 11) is 0.620. The van der Waals surface area contributed by atoms with Crippen LogP contribution in [0.15, 0.2) is 36.4 Å². The van der Waals surface area contributed by atoms with Crippen LogP contribution in [0.25, 0.3) is 10.8 Å². The van der Waals surface area contributed by atoms with Gasteiger partial charge in [0.15, 0.2) is 0 Å². The van der Waals surface area contributed by atoms with E-state index in [1.165, 1.54) is 0 Å². The molecule has 0 aliphatic rings. The molecule has 29 heavy (non-hydrogen) atoms. The molecule has 2 aromatic carbocycles. The maximum absolute atomic E-state index is 11.7. The molecule has 0 unspecified atom stereocenters. The van der Waals surface area contributed by atoms with Crippen molar-refractivity contribution in [1.29, 1.82) is 0 Å². The number of aromatic nitrogens is 3. The molecule has 9 nitrogen and oxygen atoms in total. The van der Waals surface area contributed by atoms with Crippen molar-refractivity contribution in [2.24, 2.45) is 0 Å². The molecular formula is C19H25N7O2S. The summed E-state index contributed by atoms with van der Waals surface area (Å²) in [5, 5.41) is 8.05. The average Bonchev–Trinajstić information content (AvgIpc) is 2.60. The molecule has 0 spiro atoms. The molecule has 1 aromatic heterocycles. The summed E-state index contributed by atoms with van der Waals surface area (Å²) < 4.78 is 25.9. The number of anilines is 4. The number of rotatable bonds is 8. The van der Waals surface area contributed by atoms with E-state index in [1.807, 2.05) is 38.4 Å². The van der Waals surface area contributed by atoms with Gasteiger partial charge in [-0.3, -0.25) is 4.72 Å². The molecule has 0 aliphatic heterocycles. The topological polar surface area (TPSA) is 112 Å². The Morgan fingerprint density at radius 3 is 2.21 bits per heavy atom. The lowest BCUT2D eigenvalue weighted by Crippen LogP contribution is -2.22. The molecule has 0 atom stereocenters. The van der Waals surface area contributed by atoms with Gasteiger partial charge in [0.05, 0.1) is 11.9 Å². The van der Waals surface area contributed by atoms with Gasteiger partial charge in [0.2, 0.25) is 21.9 Å². The van der Waals surface area contributed by atoms with Gasteiger partial charge in [-0.1, -0.05) is 24.3 Å². The fourth-order valence-corrected chi connectivity index (χ4v) is 3.41. The fraction of sp³-hybridized carbons (Fsp3) is 0.316. The number of sulfonamides is 1. The Balaban J connectivity index is 1.90. The van der Waals surface area contributed by atoms with Gasteiger partial charge in [-0.05, 0) is 33.2 Å². The van der Waals surface area contributed by atoms with Crippen molar-refractivity contribution in [1.82, 2.24) is 19.9 Å². The number of fused-ring (bicyclic) bond motifs is 1. The van der Waals surface area contributed by atoms with Crippen molar-refractivity contribution in [2.45, 2.75) is 6.92 Å². The van der Waals surface area contributed by atoms with E-state index in [1.54, 1.807) is 19.1 Å². The molecule has 1 heterocycles. The van der Waals surface area contributed by atoms with E-state index in [4.69, 9.17) is 0 Å². The lowest BCUT2D eigenvalue weighted by molar-refractivity contribution is 0.425. The standard InChI is InChI=1S/C19H25N7O2S/c1-13-21-18(20-11-12-26(2)3)24-19(22-13)23-16-9-5-8-15-14(16)7-6-10-17(15)25-29(4,27)28/h5-10,25H,11-12H2,1-4H3,(H2,20,21,22,23,24). The Morgan fingerprint density at radius 1 is 0.931 bits per heavy atom. The fourth-order valence-electron chi connectivity index (χ4n) is 2.84. The molecule has 0 aliphatic carbocycles. The van der Waals surface area contributed by atoms with Gasteiger partial charge < -0.3 is 15.5 Å². The number of benzene rings is 2. The predicted octanol–water partition coefficient (Wildman–Crippen LogP) is 2.42. The average molecular weight is 416 g/mol. The number of nitrogens with one attached hydrogen (secondary N) is 3. The van der Waals surface area contributed by atoms with E-state index in [-0.39, 0.29) is 0 Å². The lowest BCUT2D eigenvalue weighted by Gasteiger charge is -2.14. The Kier molecular flexibility index (Phi) is 6.14. The number of likely N-dealkylation sites (N-methyl/N-ethyl adjacent to an activating group) is 1. The van der Waals surface area contributed by atoms with Gasteiger partial charge in [-0.15, -0.1) is 0 Å². The Hall–Kier alpha value is -2.98. The summed E-state index contributed by atoms with van der Waals surface area (Å²) in [6, 6.07) is 11.0. The zero-order valence-electron chi connectivity index (χ0n) is 16.9. The van der Waals surface area contributed by atoms with E-state index in [0.717, 1.165) is 29.3 Å². The van der Waals surface area contributed by atoms with Gasteiger partial charge in [0, 0.05) is 29.5 Å². The first-order valence-corrected chi connectivity index (χ1v) is 11.0. The normalized spacial score (nSPS) is 11.6. The van der Waals surface area contributed by atoms with Crippen LogP contribution in [0.5, 0.6) is 0 Å². The predicted molar refractivity (Wildman–Crippen MR) is 117 cm³/mol. The second-order valence-electron chi connectivity index (χ2n) is 6.97. The van der Waals surface area contributed by atoms with E-state index in [9.17, 15) is 8.42 Å². The first kappa shape index (κ1) is 20.7. The molecule has 3 N–H and O–H groups in total. The number of hydrogen-bond acceptors (Lipinski definition) is 8.